The summed E-state index contributed by atoms with van der Waals surface area (Å²) >= 11 is 3.47. The molecular formula is C14H15N3S2. The number of aryl methyl sites for hydroxylation is 1. The van der Waals surface area contributed by atoms with Crippen LogP contribution in [-0.2, 0) is 6.54 Å². The Balaban J connectivity index is 1.64. The predicted molar refractivity (Wildman–Crippen MR) is 82.8 cm³/mol. The van der Waals surface area contributed by atoms with Gasteiger partial charge < -0.3 is 5.32 Å². The largest absolute Gasteiger partial charge is 0.357 e. The van der Waals surface area contributed by atoms with Gasteiger partial charge in [0.2, 0.25) is 0 Å². The number of amidine groups is 1. The third kappa shape index (κ3) is 2.98. The van der Waals surface area contributed by atoms with Crippen LogP contribution in [0.1, 0.15) is 22.2 Å². The van der Waals surface area contributed by atoms with E-state index in [0.29, 0.717) is 6.04 Å². The van der Waals surface area contributed by atoms with E-state index in [9.17, 15) is 0 Å². The van der Waals surface area contributed by atoms with Gasteiger partial charge in [0.1, 0.15) is 0 Å². The molecule has 5 heteroatoms. The fraction of sp³-hybridized carbons (Fsp3) is 0.286. The molecule has 1 aromatic carbocycles. The van der Waals surface area contributed by atoms with E-state index in [0.717, 1.165) is 23.2 Å². The molecule has 1 N–H and O–H groups in total. The molecule has 0 aliphatic carbocycles. The van der Waals surface area contributed by atoms with Crippen molar-refractivity contribution in [2.24, 2.45) is 4.99 Å². The molecule has 3 rings (SSSR count). The molecule has 0 amide bonds. The molecule has 1 aliphatic rings. The van der Waals surface area contributed by atoms with Gasteiger partial charge in [-0.05, 0) is 12.5 Å². The van der Waals surface area contributed by atoms with Crippen molar-refractivity contribution in [3.63, 3.8) is 0 Å². The highest BCUT2D eigenvalue weighted by Gasteiger charge is 2.21. The Hall–Kier alpha value is -1.33. The maximum absolute atomic E-state index is 4.64. The fourth-order valence-electron chi connectivity index (χ4n) is 1.97. The topological polar surface area (TPSA) is 37.3 Å². The monoisotopic (exact) mass is 289 g/mol. The van der Waals surface area contributed by atoms with Gasteiger partial charge in [0, 0.05) is 10.6 Å². The molecule has 1 unspecified atom stereocenters. The van der Waals surface area contributed by atoms with E-state index in [1.807, 2.05) is 18.5 Å². The highest BCUT2D eigenvalue weighted by atomic mass is 32.2. The van der Waals surface area contributed by atoms with Crippen molar-refractivity contribution in [2.45, 2.75) is 19.5 Å². The van der Waals surface area contributed by atoms with Crippen LogP contribution in [0.5, 0.6) is 0 Å². The van der Waals surface area contributed by atoms with Crippen molar-refractivity contribution >= 4 is 28.3 Å². The molecule has 1 atom stereocenters. The SMILES string of the molecule is Cc1ncsc1CN=C1NC(c2ccccc2)CS1. The van der Waals surface area contributed by atoms with E-state index >= 15 is 0 Å². The maximum atomic E-state index is 4.64. The Morgan fingerprint density at radius 2 is 2.21 bits per heavy atom. The second-order valence-electron chi connectivity index (χ2n) is 4.40. The van der Waals surface area contributed by atoms with Crippen molar-refractivity contribution in [1.82, 2.24) is 10.3 Å². The lowest BCUT2D eigenvalue weighted by Gasteiger charge is -2.09. The van der Waals surface area contributed by atoms with Crippen LogP contribution in [-0.4, -0.2) is 15.9 Å². The van der Waals surface area contributed by atoms with Crippen LogP contribution < -0.4 is 5.32 Å². The van der Waals surface area contributed by atoms with E-state index in [1.165, 1.54) is 10.4 Å². The first kappa shape index (κ1) is 12.7. The molecule has 2 heterocycles. The Kier molecular flexibility index (Phi) is 3.84. The summed E-state index contributed by atoms with van der Waals surface area (Å²) in [6.45, 7) is 2.77. The lowest BCUT2D eigenvalue weighted by molar-refractivity contribution is 0.748. The zero-order valence-electron chi connectivity index (χ0n) is 10.7. The highest BCUT2D eigenvalue weighted by molar-refractivity contribution is 8.14. The van der Waals surface area contributed by atoms with Crippen molar-refractivity contribution in [3.05, 3.63) is 52.0 Å². The molecule has 1 fully saturated rings. The van der Waals surface area contributed by atoms with Crippen LogP contribution >= 0.6 is 23.1 Å². The van der Waals surface area contributed by atoms with Gasteiger partial charge in [0.05, 0.1) is 23.8 Å². The molecule has 98 valence electrons. The van der Waals surface area contributed by atoms with Crippen molar-refractivity contribution in [3.8, 4) is 0 Å². The number of aliphatic imine (C=N–C) groups is 1. The number of rotatable bonds is 3. The Morgan fingerprint density at radius 3 is 2.95 bits per heavy atom. The van der Waals surface area contributed by atoms with Crippen LogP contribution in [0, 0.1) is 6.92 Å². The van der Waals surface area contributed by atoms with Gasteiger partial charge in [-0.2, -0.15) is 0 Å². The molecule has 0 radical (unpaired) electrons. The molecular weight excluding hydrogens is 274 g/mol. The Morgan fingerprint density at radius 1 is 1.37 bits per heavy atom. The van der Waals surface area contributed by atoms with Crippen LogP contribution in [0.3, 0.4) is 0 Å². The van der Waals surface area contributed by atoms with E-state index < -0.39 is 0 Å². The molecule has 0 saturated carbocycles. The summed E-state index contributed by atoms with van der Waals surface area (Å²) in [6.07, 6.45) is 0. The van der Waals surface area contributed by atoms with Crippen LogP contribution in [0.2, 0.25) is 0 Å². The second-order valence-corrected chi connectivity index (χ2v) is 6.35. The molecule has 2 aromatic rings. The first-order valence-electron chi connectivity index (χ1n) is 6.20. The number of hydrogen-bond donors (Lipinski definition) is 1. The van der Waals surface area contributed by atoms with Gasteiger partial charge in [-0.15, -0.1) is 11.3 Å². The summed E-state index contributed by atoms with van der Waals surface area (Å²) in [6, 6.07) is 10.9. The third-order valence-corrected chi connectivity index (χ3v) is 5.04. The number of nitrogens with zero attached hydrogens (tertiary/aromatic N) is 2. The number of thiazole rings is 1. The smallest absolute Gasteiger partial charge is 0.157 e. The minimum absolute atomic E-state index is 0.382. The molecule has 1 saturated heterocycles. The third-order valence-electron chi connectivity index (χ3n) is 3.10. The van der Waals surface area contributed by atoms with Crippen molar-refractivity contribution < 1.29 is 0 Å². The Bertz CT molecular complexity index is 577. The van der Waals surface area contributed by atoms with E-state index in [4.69, 9.17) is 0 Å². The van der Waals surface area contributed by atoms with Crippen LogP contribution in [0.25, 0.3) is 0 Å². The summed E-state index contributed by atoms with van der Waals surface area (Å²) in [5.74, 6) is 1.05. The first-order chi connectivity index (χ1) is 9.33. The molecule has 1 aromatic heterocycles. The lowest BCUT2D eigenvalue weighted by Crippen LogP contribution is -2.19. The summed E-state index contributed by atoms with van der Waals surface area (Å²) in [4.78, 5) is 10.1. The summed E-state index contributed by atoms with van der Waals surface area (Å²) < 4.78 is 0. The van der Waals surface area contributed by atoms with E-state index in [-0.39, 0.29) is 0 Å². The number of nitrogens with one attached hydrogen (secondary N) is 1. The van der Waals surface area contributed by atoms with Crippen molar-refractivity contribution in [2.75, 3.05) is 5.75 Å². The lowest BCUT2D eigenvalue weighted by atomic mass is 10.1. The minimum Gasteiger partial charge on any atom is -0.357 e. The predicted octanol–water partition coefficient (Wildman–Crippen LogP) is 3.39. The molecule has 0 spiro atoms. The summed E-state index contributed by atoms with van der Waals surface area (Å²) in [7, 11) is 0. The Labute approximate surface area is 121 Å². The van der Waals surface area contributed by atoms with Crippen LogP contribution in [0.15, 0.2) is 40.8 Å². The molecule has 0 bridgehead atoms. The van der Waals surface area contributed by atoms with Crippen LogP contribution in [0.4, 0.5) is 0 Å². The maximum Gasteiger partial charge on any atom is 0.157 e. The molecule has 1 aliphatic heterocycles. The number of aromatic nitrogens is 1. The van der Waals surface area contributed by atoms with E-state index in [2.05, 4.69) is 39.6 Å². The number of thioether (sulfide) groups is 1. The number of benzene rings is 1. The quantitative estimate of drug-likeness (QED) is 0.941. The number of hydrogen-bond acceptors (Lipinski definition) is 4. The van der Waals surface area contributed by atoms with Gasteiger partial charge in [-0.3, -0.25) is 4.99 Å². The highest BCUT2D eigenvalue weighted by Crippen LogP contribution is 2.26. The van der Waals surface area contributed by atoms with Gasteiger partial charge in [-0.25, -0.2) is 4.98 Å². The summed E-state index contributed by atoms with van der Waals surface area (Å²) in [5, 5.41) is 4.53. The standard InChI is InChI=1S/C14H15N3S2/c1-10-13(19-9-16-10)7-15-14-17-12(8-18-14)11-5-3-2-4-6-11/h2-6,9,12H,7-8H2,1H3,(H,15,17). The normalized spacial score (nSPS) is 20.7. The molecule has 19 heavy (non-hydrogen) atoms. The fourth-order valence-corrected chi connectivity index (χ4v) is 3.65. The average Bonchev–Trinajstić information content (AvgIpc) is 3.06. The average molecular weight is 289 g/mol. The van der Waals surface area contributed by atoms with Gasteiger partial charge in [0.25, 0.3) is 0 Å². The van der Waals surface area contributed by atoms with Gasteiger partial charge >= 0.3 is 0 Å². The minimum atomic E-state index is 0.382. The zero-order valence-corrected chi connectivity index (χ0v) is 12.3. The summed E-state index contributed by atoms with van der Waals surface area (Å²) in [5.41, 5.74) is 4.30. The van der Waals surface area contributed by atoms with Crippen molar-refractivity contribution in [1.29, 1.82) is 0 Å². The van der Waals surface area contributed by atoms with E-state index in [1.54, 1.807) is 23.1 Å². The first-order valence-corrected chi connectivity index (χ1v) is 8.07. The van der Waals surface area contributed by atoms with Gasteiger partial charge in [0.15, 0.2) is 5.17 Å². The van der Waals surface area contributed by atoms with Gasteiger partial charge in [-0.1, -0.05) is 42.1 Å². The molecule has 3 nitrogen and oxygen atoms in total. The zero-order chi connectivity index (χ0) is 13.1. The second kappa shape index (κ2) is 5.75.